The van der Waals surface area contributed by atoms with Gasteiger partial charge in [-0.15, -0.1) is 0 Å². The molecule has 0 aliphatic rings. The van der Waals surface area contributed by atoms with Gasteiger partial charge in [-0.1, -0.05) is 133 Å². The minimum Gasteiger partial charge on any atom is -0.464 e. The molecule has 0 aliphatic carbocycles. The number of ether oxygens (including phenoxy) is 1. The fraction of sp³-hybridized carbons (Fsp3) is 0.761. The average molecular weight is 742 g/mol. The van der Waals surface area contributed by atoms with Crippen molar-refractivity contribution in [3.05, 3.63) is 48.6 Å². The first-order chi connectivity index (χ1) is 25.9. The van der Waals surface area contributed by atoms with E-state index >= 15 is 0 Å². The number of hydrogen-bond donors (Lipinski definition) is 2. The Hall–Kier alpha value is -2.67. The summed E-state index contributed by atoms with van der Waals surface area (Å²) in [5.41, 5.74) is 0. The van der Waals surface area contributed by atoms with E-state index in [9.17, 15) is 14.4 Å². The molecule has 0 saturated heterocycles. The molecule has 0 aromatic carbocycles. The van der Waals surface area contributed by atoms with Crippen LogP contribution in [-0.4, -0.2) is 62.5 Å². The van der Waals surface area contributed by atoms with Crippen LogP contribution in [0.1, 0.15) is 187 Å². The van der Waals surface area contributed by atoms with Gasteiger partial charge in [0.1, 0.15) is 6.04 Å². The number of amides is 2. The van der Waals surface area contributed by atoms with Gasteiger partial charge in [-0.2, -0.15) is 0 Å². The predicted molar refractivity (Wildman–Crippen MR) is 227 cm³/mol. The van der Waals surface area contributed by atoms with E-state index in [1.165, 1.54) is 77.0 Å². The molecule has 0 bridgehead atoms. The third-order valence-electron chi connectivity index (χ3n) is 9.33. The van der Waals surface area contributed by atoms with Crippen LogP contribution < -0.4 is 10.6 Å². The van der Waals surface area contributed by atoms with E-state index in [-0.39, 0.29) is 18.4 Å². The lowest BCUT2D eigenvalue weighted by Crippen LogP contribution is -2.49. The SMILES string of the molecule is CCCCC/C=C\C/C=C\CCCCCCCCOC(=O)C(CNC(=O)CCCCN(C)C)NC(=O)CCCCCCC/C=C\C/C=C\CCCCC. The molecule has 7 nitrogen and oxygen atoms in total. The Balaban J connectivity index is 4.32. The summed E-state index contributed by atoms with van der Waals surface area (Å²) >= 11 is 0. The molecule has 7 heteroatoms. The first-order valence-electron chi connectivity index (χ1n) is 21.9. The Kier molecular flexibility index (Phi) is 38.5. The van der Waals surface area contributed by atoms with E-state index in [4.69, 9.17) is 4.74 Å². The monoisotopic (exact) mass is 742 g/mol. The number of unbranched alkanes of at least 4 members (excludes halogenated alkanes) is 18. The van der Waals surface area contributed by atoms with Gasteiger partial charge in [-0.3, -0.25) is 9.59 Å². The lowest BCUT2D eigenvalue weighted by atomic mass is 10.1. The highest BCUT2D eigenvalue weighted by Gasteiger charge is 2.23. The Morgan fingerprint density at radius 2 is 0.962 bits per heavy atom. The van der Waals surface area contributed by atoms with Crippen LogP contribution in [0.5, 0.6) is 0 Å². The summed E-state index contributed by atoms with van der Waals surface area (Å²) in [4.78, 5) is 40.3. The van der Waals surface area contributed by atoms with Crippen molar-refractivity contribution in [3.63, 3.8) is 0 Å². The standard InChI is InChI=1S/C46H83N3O4/c1-5-7-9-11-13-15-17-19-21-23-25-27-29-31-33-37-41-53-46(52)43(42-47-44(50)38-35-36-40-49(3)4)48-45(51)39-34-32-30-28-26-24-22-20-18-16-14-12-10-8-6-2/h13-16,19-22,43H,5-12,17-18,23-42H2,1-4H3,(H,47,50)(H,48,51)/b15-13-,16-14-,21-19-,22-20-. The fourth-order valence-electron chi connectivity index (χ4n) is 5.94. The second-order valence-corrected chi connectivity index (χ2v) is 14.9. The molecule has 2 N–H and O–H groups in total. The molecule has 0 spiro atoms. The predicted octanol–water partition coefficient (Wildman–Crippen LogP) is 11.5. The zero-order valence-corrected chi connectivity index (χ0v) is 35.0. The van der Waals surface area contributed by atoms with Crippen LogP contribution in [0.15, 0.2) is 48.6 Å². The number of hydrogen-bond acceptors (Lipinski definition) is 5. The normalized spacial score (nSPS) is 12.5. The van der Waals surface area contributed by atoms with Crippen LogP contribution in [0.3, 0.4) is 0 Å². The van der Waals surface area contributed by atoms with Gasteiger partial charge in [0, 0.05) is 19.4 Å². The number of carbonyl (C=O) groups excluding carboxylic acids is 3. The van der Waals surface area contributed by atoms with Gasteiger partial charge in [-0.25, -0.2) is 4.79 Å². The van der Waals surface area contributed by atoms with Crippen molar-refractivity contribution in [3.8, 4) is 0 Å². The van der Waals surface area contributed by atoms with E-state index in [0.29, 0.717) is 19.4 Å². The molecule has 306 valence electrons. The van der Waals surface area contributed by atoms with Crippen LogP contribution in [0.2, 0.25) is 0 Å². The lowest BCUT2D eigenvalue weighted by Gasteiger charge is -2.18. The highest BCUT2D eigenvalue weighted by atomic mass is 16.5. The van der Waals surface area contributed by atoms with Gasteiger partial charge in [0.15, 0.2) is 0 Å². The third kappa shape index (κ3) is 38.9. The number of esters is 1. The lowest BCUT2D eigenvalue weighted by molar-refractivity contribution is -0.148. The molecule has 1 unspecified atom stereocenters. The Morgan fingerprint density at radius 1 is 0.528 bits per heavy atom. The molecule has 0 heterocycles. The number of rotatable bonds is 38. The smallest absolute Gasteiger partial charge is 0.330 e. The molecule has 0 rings (SSSR count). The maximum absolute atomic E-state index is 13.0. The van der Waals surface area contributed by atoms with Crippen molar-refractivity contribution in [2.45, 2.75) is 193 Å². The first-order valence-corrected chi connectivity index (χ1v) is 21.9. The van der Waals surface area contributed by atoms with Gasteiger partial charge in [-0.05, 0) is 111 Å². The molecule has 0 fully saturated rings. The molecule has 0 radical (unpaired) electrons. The number of allylic oxidation sites excluding steroid dienone is 8. The molecule has 53 heavy (non-hydrogen) atoms. The van der Waals surface area contributed by atoms with E-state index < -0.39 is 12.0 Å². The summed E-state index contributed by atoms with van der Waals surface area (Å²) in [5, 5.41) is 5.70. The van der Waals surface area contributed by atoms with E-state index in [1.54, 1.807) is 0 Å². The Labute approximate surface area is 327 Å². The first kappa shape index (κ1) is 50.3. The highest BCUT2D eigenvalue weighted by molar-refractivity contribution is 5.85. The van der Waals surface area contributed by atoms with Gasteiger partial charge < -0.3 is 20.3 Å². The molecule has 1 atom stereocenters. The molecular formula is C46H83N3O4. The maximum atomic E-state index is 13.0. The van der Waals surface area contributed by atoms with Crippen molar-refractivity contribution in [1.82, 2.24) is 15.5 Å². The van der Waals surface area contributed by atoms with Crippen molar-refractivity contribution in [1.29, 1.82) is 0 Å². The largest absolute Gasteiger partial charge is 0.464 e. The van der Waals surface area contributed by atoms with Crippen LogP contribution in [0.4, 0.5) is 0 Å². The third-order valence-corrected chi connectivity index (χ3v) is 9.33. The van der Waals surface area contributed by atoms with Crippen LogP contribution >= 0.6 is 0 Å². The van der Waals surface area contributed by atoms with E-state index in [2.05, 4.69) is 78.0 Å². The number of nitrogens with zero attached hydrogens (tertiary/aromatic N) is 1. The summed E-state index contributed by atoms with van der Waals surface area (Å²) in [6.45, 7) is 5.80. The summed E-state index contributed by atoms with van der Waals surface area (Å²) in [6.07, 6.45) is 47.0. The quantitative estimate of drug-likeness (QED) is 0.0374. The van der Waals surface area contributed by atoms with Crippen LogP contribution in [0.25, 0.3) is 0 Å². The topological polar surface area (TPSA) is 87.7 Å². The number of carbonyl (C=O) groups is 3. The maximum Gasteiger partial charge on any atom is 0.330 e. The highest BCUT2D eigenvalue weighted by Crippen LogP contribution is 2.10. The van der Waals surface area contributed by atoms with E-state index in [1.807, 2.05) is 14.1 Å². The summed E-state index contributed by atoms with van der Waals surface area (Å²) in [5.74, 6) is -0.727. The molecule has 0 aromatic heterocycles. The minimum absolute atomic E-state index is 0.0585. The van der Waals surface area contributed by atoms with Crippen molar-refractivity contribution in [2.75, 3.05) is 33.8 Å². The number of nitrogens with one attached hydrogen (secondary N) is 2. The molecular weight excluding hydrogens is 659 g/mol. The van der Waals surface area contributed by atoms with Crippen LogP contribution in [0, 0.1) is 0 Å². The van der Waals surface area contributed by atoms with Gasteiger partial charge in [0.05, 0.1) is 6.61 Å². The van der Waals surface area contributed by atoms with Gasteiger partial charge in [0.25, 0.3) is 0 Å². The van der Waals surface area contributed by atoms with Crippen molar-refractivity contribution in [2.24, 2.45) is 0 Å². The summed E-state index contributed by atoms with van der Waals surface area (Å²) < 4.78 is 5.58. The van der Waals surface area contributed by atoms with Gasteiger partial charge in [0.2, 0.25) is 11.8 Å². The molecule has 0 aromatic rings. The van der Waals surface area contributed by atoms with Crippen LogP contribution in [-0.2, 0) is 19.1 Å². The minimum atomic E-state index is -0.865. The van der Waals surface area contributed by atoms with Crippen molar-refractivity contribution >= 4 is 17.8 Å². The zero-order valence-electron chi connectivity index (χ0n) is 35.0. The zero-order chi connectivity index (χ0) is 38.9. The van der Waals surface area contributed by atoms with E-state index in [0.717, 1.165) is 90.0 Å². The second kappa shape index (κ2) is 40.5. The molecule has 0 saturated carbocycles. The summed E-state index contributed by atoms with van der Waals surface area (Å²) in [7, 11) is 4.04. The Bertz CT molecular complexity index is 972. The average Bonchev–Trinajstić information content (AvgIpc) is 3.14. The molecule has 0 aliphatic heterocycles. The fourth-order valence-corrected chi connectivity index (χ4v) is 5.94. The molecule has 2 amide bonds. The Morgan fingerprint density at radius 3 is 1.47 bits per heavy atom. The second-order valence-electron chi connectivity index (χ2n) is 14.9. The summed E-state index contributed by atoms with van der Waals surface area (Å²) in [6, 6.07) is -0.865. The van der Waals surface area contributed by atoms with Crippen molar-refractivity contribution < 1.29 is 19.1 Å². The van der Waals surface area contributed by atoms with Gasteiger partial charge >= 0.3 is 5.97 Å².